The van der Waals surface area contributed by atoms with E-state index in [1.54, 1.807) is 23.2 Å². The van der Waals surface area contributed by atoms with Gasteiger partial charge in [-0.05, 0) is 20.8 Å². The molecule has 4 rings (SSSR count). The van der Waals surface area contributed by atoms with Crippen LogP contribution in [0.15, 0.2) is 36.5 Å². The van der Waals surface area contributed by atoms with E-state index in [0.717, 1.165) is 27.0 Å². The summed E-state index contributed by atoms with van der Waals surface area (Å²) in [5.74, 6) is -0.292. The summed E-state index contributed by atoms with van der Waals surface area (Å²) in [7, 11) is 0. The zero-order valence-corrected chi connectivity index (χ0v) is 20.8. The molecule has 0 saturated carbocycles. The number of anilines is 1. The first-order valence-electron chi connectivity index (χ1n) is 10.2. The van der Waals surface area contributed by atoms with Crippen LogP contribution >= 0.6 is 11.3 Å². The maximum absolute atomic E-state index is 13.5. The van der Waals surface area contributed by atoms with E-state index < -0.39 is 5.60 Å². The number of thiazole rings is 1. The van der Waals surface area contributed by atoms with Gasteiger partial charge in [0.05, 0.1) is 0 Å². The van der Waals surface area contributed by atoms with Gasteiger partial charge in [0.1, 0.15) is 5.60 Å². The fourth-order valence-corrected chi connectivity index (χ4v) is 4.78. The van der Waals surface area contributed by atoms with Crippen LogP contribution in [0.3, 0.4) is 0 Å². The quantitative estimate of drug-likeness (QED) is 0.499. The zero-order chi connectivity index (χ0) is 22.9. The molecule has 2 radical (unpaired) electrons. The minimum absolute atomic E-state index is 0.292. The van der Waals surface area contributed by atoms with Crippen molar-refractivity contribution in [3.8, 4) is 21.8 Å². The molecule has 0 aliphatic carbocycles. The molecule has 3 aromatic rings. The summed E-state index contributed by atoms with van der Waals surface area (Å²) >= 11 is 3.88. The van der Waals surface area contributed by atoms with Crippen molar-refractivity contribution >= 4 is 44.0 Å². The molecule has 0 unspecified atom stereocenters. The third-order valence-corrected chi connectivity index (χ3v) is 6.40. The van der Waals surface area contributed by atoms with Crippen molar-refractivity contribution in [2.45, 2.75) is 26.4 Å². The van der Waals surface area contributed by atoms with E-state index >= 15 is 0 Å². The zero-order valence-electron chi connectivity index (χ0n) is 18.1. The number of amides is 1. The van der Waals surface area contributed by atoms with Gasteiger partial charge < -0.3 is 0 Å². The van der Waals surface area contributed by atoms with Crippen LogP contribution in [0.4, 0.5) is 14.3 Å². The molecule has 0 spiro atoms. The average molecular weight is 515 g/mol. The van der Waals surface area contributed by atoms with E-state index in [0.29, 0.717) is 30.8 Å². The summed E-state index contributed by atoms with van der Waals surface area (Å²) in [6, 6.07) is 8.16. The Morgan fingerprint density at radius 1 is 1.09 bits per heavy atom. The van der Waals surface area contributed by atoms with Crippen LogP contribution in [0.25, 0.3) is 21.8 Å². The number of carbonyl (C=O) groups is 1. The van der Waals surface area contributed by atoms with E-state index in [-0.39, 0.29) is 11.9 Å². The molecule has 10 heteroatoms. The number of hydrogen-bond acceptors (Lipinski definition) is 7. The van der Waals surface area contributed by atoms with Crippen molar-refractivity contribution in [3.63, 3.8) is 0 Å². The molecule has 1 aliphatic heterocycles. The van der Waals surface area contributed by atoms with Gasteiger partial charge >= 0.3 is 173 Å². The Balaban J connectivity index is 1.60. The Morgan fingerprint density at radius 3 is 2.41 bits per heavy atom. The standard InChI is InChI=1S/C22H23AsFN5O2S/c1-22(2,3)31-21(30)29-12-10-28(11-13-29)20-27-17(14-4-6-15(24)7-5-14)18(32-20)16-8-9-25-19(23)26-16/h4-9H,10-13H2,1-3H3. The molecular weight excluding hydrogens is 492 g/mol. The van der Waals surface area contributed by atoms with Crippen LogP contribution in [0.5, 0.6) is 0 Å². The second kappa shape index (κ2) is 9.16. The van der Waals surface area contributed by atoms with Gasteiger partial charge in [0.2, 0.25) is 0 Å². The molecule has 1 aromatic carbocycles. The number of ether oxygens (including phenoxy) is 1. The third-order valence-electron chi connectivity index (χ3n) is 4.81. The number of nitrogens with zero attached hydrogens (tertiary/aromatic N) is 5. The van der Waals surface area contributed by atoms with Crippen molar-refractivity contribution in [1.29, 1.82) is 0 Å². The number of aromatic nitrogens is 3. The first-order chi connectivity index (χ1) is 15.2. The predicted molar refractivity (Wildman–Crippen MR) is 124 cm³/mol. The van der Waals surface area contributed by atoms with Crippen LogP contribution in [-0.4, -0.2) is 74.6 Å². The van der Waals surface area contributed by atoms with Crippen LogP contribution in [0, 0.1) is 5.82 Å². The minimum atomic E-state index is -0.517. The summed E-state index contributed by atoms with van der Waals surface area (Å²) in [5, 5.41) is 0.842. The second-order valence-corrected chi connectivity index (χ2v) is 10.2. The SMILES string of the molecule is CC(C)(C)OC(=O)N1CCN(c2nc(-c3ccc(F)cc3)c(-c3ccnc([As])n3)s2)CC1. The fraction of sp³-hybridized carbons (Fsp3) is 0.364. The van der Waals surface area contributed by atoms with Crippen LogP contribution in [-0.2, 0) is 4.74 Å². The van der Waals surface area contributed by atoms with Crippen molar-refractivity contribution in [1.82, 2.24) is 19.9 Å². The maximum atomic E-state index is 13.5. The van der Waals surface area contributed by atoms with E-state index in [1.807, 2.05) is 26.8 Å². The average Bonchev–Trinajstić information content (AvgIpc) is 3.19. The van der Waals surface area contributed by atoms with Crippen LogP contribution in [0.1, 0.15) is 20.8 Å². The third kappa shape index (κ3) is 5.27. The van der Waals surface area contributed by atoms with Gasteiger partial charge in [0, 0.05) is 0 Å². The number of benzene rings is 1. The molecule has 1 aliphatic rings. The monoisotopic (exact) mass is 515 g/mol. The summed E-state index contributed by atoms with van der Waals surface area (Å²) in [5.41, 5.74) is 1.83. The van der Waals surface area contributed by atoms with Gasteiger partial charge in [-0.3, -0.25) is 0 Å². The Bertz CT molecular complexity index is 1110. The molecule has 0 atom stereocenters. The number of halogens is 1. The molecule has 32 heavy (non-hydrogen) atoms. The molecule has 0 bridgehead atoms. The molecule has 3 heterocycles. The molecule has 1 fully saturated rings. The van der Waals surface area contributed by atoms with Gasteiger partial charge in [-0.15, -0.1) is 0 Å². The van der Waals surface area contributed by atoms with Gasteiger partial charge in [-0.25, -0.2) is 0 Å². The summed E-state index contributed by atoms with van der Waals surface area (Å²) < 4.78 is 19.6. The first-order valence-corrected chi connectivity index (χ1v) is 12.0. The molecule has 2 aromatic heterocycles. The summed E-state index contributed by atoms with van der Waals surface area (Å²) in [4.78, 5) is 30.8. The molecule has 0 N–H and O–H groups in total. The Hall–Kier alpha value is -2.51. The predicted octanol–water partition coefficient (Wildman–Crippen LogP) is 3.26. The molecule has 7 nitrogen and oxygen atoms in total. The Kier molecular flexibility index (Phi) is 6.49. The van der Waals surface area contributed by atoms with Crippen LogP contribution < -0.4 is 9.51 Å². The number of carbonyl (C=O) groups excluding carboxylic acids is 1. The van der Waals surface area contributed by atoms with E-state index in [2.05, 4.69) is 31.7 Å². The number of rotatable bonds is 3. The van der Waals surface area contributed by atoms with Crippen molar-refractivity contribution in [2.24, 2.45) is 0 Å². The van der Waals surface area contributed by atoms with E-state index in [9.17, 15) is 9.18 Å². The number of piperazine rings is 1. The van der Waals surface area contributed by atoms with Crippen molar-refractivity contribution in [2.75, 3.05) is 31.1 Å². The summed E-state index contributed by atoms with van der Waals surface area (Å²) in [6.45, 7) is 8.00. The number of hydrogen-bond donors (Lipinski definition) is 0. The Labute approximate surface area is 199 Å². The Morgan fingerprint density at radius 2 is 1.78 bits per heavy atom. The van der Waals surface area contributed by atoms with E-state index in [1.165, 1.54) is 23.5 Å². The van der Waals surface area contributed by atoms with E-state index in [4.69, 9.17) is 9.72 Å². The normalized spacial score (nSPS) is 14.5. The van der Waals surface area contributed by atoms with Crippen LogP contribution in [0.2, 0.25) is 0 Å². The van der Waals surface area contributed by atoms with Gasteiger partial charge in [-0.2, -0.15) is 0 Å². The molecule has 1 saturated heterocycles. The topological polar surface area (TPSA) is 71.5 Å². The van der Waals surface area contributed by atoms with Crippen molar-refractivity contribution in [3.05, 3.63) is 42.3 Å². The fourth-order valence-electron chi connectivity index (χ4n) is 3.30. The van der Waals surface area contributed by atoms with Crippen molar-refractivity contribution < 1.29 is 13.9 Å². The molecule has 1 amide bonds. The van der Waals surface area contributed by atoms with Gasteiger partial charge in [0.25, 0.3) is 0 Å². The van der Waals surface area contributed by atoms with Gasteiger partial charge in [0.15, 0.2) is 0 Å². The molecule has 166 valence electrons. The van der Waals surface area contributed by atoms with Gasteiger partial charge in [-0.1, -0.05) is 0 Å². The molecular formula is C22H23AsFN5O2S. The summed E-state index contributed by atoms with van der Waals surface area (Å²) in [6.07, 6.45) is 1.42. The first kappa shape index (κ1) is 22.7. The second-order valence-electron chi connectivity index (χ2n) is 8.38.